The first-order valence-electron chi connectivity index (χ1n) is 10.0. The number of H-pyrrole nitrogens is 1. The lowest BCUT2D eigenvalue weighted by Crippen LogP contribution is -2.35. The van der Waals surface area contributed by atoms with E-state index < -0.39 is 0 Å². The Labute approximate surface area is 192 Å². The molecule has 0 saturated carbocycles. The summed E-state index contributed by atoms with van der Waals surface area (Å²) >= 11 is 12.0. The van der Waals surface area contributed by atoms with Crippen LogP contribution in [-0.2, 0) is 13.0 Å². The van der Waals surface area contributed by atoms with Crippen LogP contribution in [-0.4, -0.2) is 28.7 Å². The third-order valence-corrected chi connectivity index (χ3v) is 5.84. The molecule has 2 N–H and O–H groups in total. The molecule has 160 valence electrons. The predicted molar refractivity (Wildman–Crippen MR) is 130 cm³/mol. The quantitative estimate of drug-likeness (QED) is 0.327. The Kier molecular flexibility index (Phi) is 6.49. The largest absolute Gasteiger partial charge is 0.497 e. The van der Waals surface area contributed by atoms with E-state index in [1.807, 2.05) is 54.6 Å². The summed E-state index contributed by atoms with van der Waals surface area (Å²) in [5.41, 5.74) is 4.35. The summed E-state index contributed by atoms with van der Waals surface area (Å²) < 4.78 is 10.9. The van der Waals surface area contributed by atoms with Crippen molar-refractivity contribution in [1.29, 1.82) is 0 Å². The molecule has 0 aliphatic carbocycles. The molecule has 2 aromatic carbocycles. The number of methoxy groups -OCH3 is 1. The number of nitrogens with one attached hydrogen (secondary N) is 2. The van der Waals surface area contributed by atoms with Crippen molar-refractivity contribution in [1.82, 2.24) is 9.88 Å². The Hall–Kier alpha value is -2.96. The van der Waals surface area contributed by atoms with Gasteiger partial charge in [0.15, 0.2) is 5.11 Å². The fourth-order valence-corrected chi connectivity index (χ4v) is 4.12. The fourth-order valence-electron chi connectivity index (χ4n) is 3.67. The molecule has 0 unspecified atom stereocenters. The molecule has 0 radical (unpaired) electrons. The van der Waals surface area contributed by atoms with E-state index in [9.17, 15) is 0 Å². The predicted octanol–water partition coefficient (Wildman–Crippen LogP) is 6.17. The fraction of sp³-hybridized carbons (Fsp3) is 0.208. The van der Waals surface area contributed by atoms with Crippen molar-refractivity contribution < 1.29 is 9.15 Å². The number of furan rings is 1. The second-order valence-electron chi connectivity index (χ2n) is 7.33. The Morgan fingerprint density at radius 1 is 1.19 bits per heavy atom. The van der Waals surface area contributed by atoms with E-state index in [0.717, 1.165) is 51.8 Å². The third-order valence-electron chi connectivity index (χ3n) is 5.25. The third kappa shape index (κ3) is 5.03. The highest BCUT2D eigenvalue weighted by Gasteiger charge is 2.16. The summed E-state index contributed by atoms with van der Waals surface area (Å²) in [4.78, 5) is 5.55. The number of aromatic amines is 1. The van der Waals surface area contributed by atoms with Gasteiger partial charge >= 0.3 is 0 Å². The van der Waals surface area contributed by atoms with Crippen molar-refractivity contribution in [3.8, 4) is 5.75 Å². The Balaban J connectivity index is 1.54. The van der Waals surface area contributed by atoms with E-state index in [4.69, 9.17) is 33.0 Å². The van der Waals surface area contributed by atoms with Crippen molar-refractivity contribution in [3.63, 3.8) is 0 Å². The normalized spacial score (nSPS) is 10.9. The maximum absolute atomic E-state index is 6.25. The molecule has 0 fully saturated rings. The molecule has 5 nitrogen and oxygen atoms in total. The van der Waals surface area contributed by atoms with Crippen LogP contribution in [0.3, 0.4) is 0 Å². The van der Waals surface area contributed by atoms with Crippen molar-refractivity contribution in [3.05, 3.63) is 82.9 Å². The van der Waals surface area contributed by atoms with Gasteiger partial charge in [-0.2, -0.15) is 0 Å². The zero-order valence-electron chi connectivity index (χ0n) is 17.4. The van der Waals surface area contributed by atoms with E-state index >= 15 is 0 Å². The maximum atomic E-state index is 6.25. The Morgan fingerprint density at radius 3 is 2.84 bits per heavy atom. The van der Waals surface area contributed by atoms with Crippen LogP contribution < -0.4 is 10.1 Å². The van der Waals surface area contributed by atoms with E-state index in [-0.39, 0.29) is 0 Å². The molecule has 7 heteroatoms. The molecule has 31 heavy (non-hydrogen) atoms. The Morgan fingerprint density at radius 2 is 2.06 bits per heavy atom. The average Bonchev–Trinajstić information content (AvgIpc) is 3.38. The number of hydrogen-bond donors (Lipinski definition) is 2. The van der Waals surface area contributed by atoms with Gasteiger partial charge in [-0.3, -0.25) is 0 Å². The van der Waals surface area contributed by atoms with Gasteiger partial charge < -0.3 is 24.4 Å². The van der Waals surface area contributed by atoms with Crippen molar-refractivity contribution >= 4 is 45.5 Å². The lowest BCUT2D eigenvalue weighted by atomic mass is 10.1. The minimum atomic E-state index is 0.574. The summed E-state index contributed by atoms with van der Waals surface area (Å²) in [6.07, 6.45) is 2.49. The van der Waals surface area contributed by atoms with Gasteiger partial charge in [-0.15, -0.1) is 0 Å². The maximum Gasteiger partial charge on any atom is 0.173 e. The summed E-state index contributed by atoms with van der Waals surface area (Å²) in [6, 6.07) is 17.5. The van der Waals surface area contributed by atoms with Gasteiger partial charge in [-0.25, -0.2) is 0 Å². The van der Waals surface area contributed by atoms with Gasteiger partial charge in [-0.1, -0.05) is 17.7 Å². The van der Waals surface area contributed by atoms with Gasteiger partial charge in [0, 0.05) is 39.9 Å². The van der Waals surface area contributed by atoms with Gasteiger partial charge in [0.2, 0.25) is 0 Å². The Bertz CT molecular complexity index is 1190. The zero-order chi connectivity index (χ0) is 21.8. The number of anilines is 1. The highest BCUT2D eigenvalue weighted by atomic mass is 35.5. The summed E-state index contributed by atoms with van der Waals surface area (Å²) in [5, 5.41) is 5.83. The van der Waals surface area contributed by atoms with Gasteiger partial charge in [0.05, 0.1) is 19.9 Å². The number of halogens is 1. The van der Waals surface area contributed by atoms with Crippen LogP contribution in [0.25, 0.3) is 10.9 Å². The zero-order valence-corrected chi connectivity index (χ0v) is 19.0. The number of aromatic nitrogens is 1. The van der Waals surface area contributed by atoms with Gasteiger partial charge in [0.25, 0.3) is 0 Å². The lowest BCUT2D eigenvalue weighted by Gasteiger charge is -2.25. The number of aryl methyl sites for hydroxylation is 1. The lowest BCUT2D eigenvalue weighted by molar-refractivity contribution is 0.368. The highest BCUT2D eigenvalue weighted by molar-refractivity contribution is 7.80. The topological polar surface area (TPSA) is 53.4 Å². The van der Waals surface area contributed by atoms with E-state index in [0.29, 0.717) is 11.7 Å². The van der Waals surface area contributed by atoms with Crippen LogP contribution in [0.5, 0.6) is 5.75 Å². The molecular formula is C24H24ClN3O2S. The van der Waals surface area contributed by atoms with Crippen molar-refractivity contribution in [2.45, 2.75) is 19.9 Å². The first kappa shape index (κ1) is 21.3. The van der Waals surface area contributed by atoms with Crippen molar-refractivity contribution in [2.24, 2.45) is 0 Å². The van der Waals surface area contributed by atoms with Crippen LogP contribution in [0, 0.1) is 6.92 Å². The van der Waals surface area contributed by atoms with E-state index in [1.54, 1.807) is 13.4 Å². The summed E-state index contributed by atoms with van der Waals surface area (Å²) in [6.45, 7) is 3.38. The van der Waals surface area contributed by atoms with Crippen LogP contribution in [0.4, 0.5) is 5.69 Å². The molecule has 0 saturated heterocycles. The number of thiocarbonyl (C=S) groups is 1. The highest BCUT2D eigenvalue weighted by Crippen LogP contribution is 2.26. The average molecular weight is 454 g/mol. The molecule has 4 rings (SSSR count). The standard InChI is InChI=1S/C24H24ClN3O2S/c1-16-21(22-13-17(25)8-9-23(22)26-16)10-11-28(15-20-7-4-12-30-20)24(31)27-18-5-3-6-19(14-18)29-2/h3-9,12-14,26H,10-11,15H2,1-2H3,(H,27,31). The van der Waals surface area contributed by atoms with Gasteiger partial charge in [0.1, 0.15) is 11.5 Å². The molecular weight excluding hydrogens is 430 g/mol. The number of ether oxygens (including phenoxy) is 1. The number of fused-ring (bicyclic) bond motifs is 1. The second kappa shape index (κ2) is 9.45. The minimum Gasteiger partial charge on any atom is -0.497 e. The summed E-state index contributed by atoms with van der Waals surface area (Å²) in [5.74, 6) is 1.63. The smallest absolute Gasteiger partial charge is 0.173 e. The first-order valence-corrected chi connectivity index (χ1v) is 10.8. The number of nitrogens with zero attached hydrogens (tertiary/aromatic N) is 1. The van der Waals surface area contributed by atoms with Crippen LogP contribution in [0.15, 0.2) is 65.3 Å². The molecule has 0 amide bonds. The monoisotopic (exact) mass is 453 g/mol. The molecule has 0 aliphatic rings. The molecule has 4 aromatic rings. The van der Waals surface area contributed by atoms with Crippen molar-refractivity contribution in [2.75, 3.05) is 19.0 Å². The second-order valence-corrected chi connectivity index (χ2v) is 8.15. The number of benzene rings is 2. The molecule has 0 bridgehead atoms. The van der Waals surface area contributed by atoms with Crippen LogP contribution >= 0.6 is 23.8 Å². The number of rotatable bonds is 7. The molecule has 0 spiro atoms. The van der Waals surface area contributed by atoms with Crippen LogP contribution in [0.1, 0.15) is 17.0 Å². The van der Waals surface area contributed by atoms with E-state index in [2.05, 4.69) is 22.1 Å². The van der Waals surface area contributed by atoms with E-state index in [1.165, 1.54) is 5.56 Å². The number of hydrogen-bond acceptors (Lipinski definition) is 3. The first-order chi connectivity index (χ1) is 15.0. The SMILES string of the molecule is COc1cccc(NC(=S)N(CCc2c(C)[nH]c3ccc(Cl)cc23)Cc2ccco2)c1. The molecule has 2 heterocycles. The van der Waals surface area contributed by atoms with Crippen LogP contribution in [0.2, 0.25) is 5.02 Å². The molecule has 2 aromatic heterocycles. The van der Waals surface area contributed by atoms with Gasteiger partial charge in [-0.05, 0) is 73.6 Å². The minimum absolute atomic E-state index is 0.574. The molecule has 0 aliphatic heterocycles. The summed E-state index contributed by atoms with van der Waals surface area (Å²) in [7, 11) is 1.65. The molecule has 0 atom stereocenters.